The third-order valence-electron chi connectivity index (χ3n) is 5.28. The number of aryl methyl sites for hydroxylation is 2. The van der Waals surface area contributed by atoms with Gasteiger partial charge in [-0.2, -0.15) is 0 Å². The molecule has 1 aromatic rings. The number of likely N-dealkylation sites (tertiary alicyclic amines) is 1. The number of esters is 1. The minimum absolute atomic E-state index is 0.344. The molecule has 0 unspecified atom stereocenters. The Morgan fingerprint density at radius 3 is 2.36 bits per heavy atom. The number of anilines is 1. The van der Waals surface area contributed by atoms with Gasteiger partial charge in [0.25, 0.3) is 5.91 Å². The second-order valence-corrected chi connectivity index (χ2v) is 7.35. The monoisotopic (exact) mass is 384 g/mol. The summed E-state index contributed by atoms with van der Waals surface area (Å²) in [5.41, 5.74) is 2.53. The van der Waals surface area contributed by atoms with Gasteiger partial charge in [0.15, 0.2) is 6.61 Å². The SMILES string of the molecule is Cc1ccc(C)c(NC(=O)COC(=O)[C@H](C)N2C(=O)[C@H]3CC=CC[C@H]3C2=O)c1. The molecule has 3 atom stereocenters. The first kappa shape index (κ1) is 19.8. The summed E-state index contributed by atoms with van der Waals surface area (Å²) in [5, 5.41) is 2.70. The van der Waals surface area contributed by atoms with Crippen molar-refractivity contribution in [2.75, 3.05) is 11.9 Å². The number of carbonyl (C=O) groups is 4. The van der Waals surface area contributed by atoms with E-state index in [1.165, 1.54) is 6.92 Å². The highest BCUT2D eigenvalue weighted by Crippen LogP contribution is 2.36. The fraction of sp³-hybridized carbons (Fsp3) is 0.429. The van der Waals surface area contributed by atoms with E-state index in [2.05, 4.69) is 5.32 Å². The zero-order valence-electron chi connectivity index (χ0n) is 16.2. The van der Waals surface area contributed by atoms with Crippen LogP contribution in [0.3, 0.4) is 0 Å². The molecule has 1 heterocycles. The van der Waals surface area contributed by atoms with Gasteiger partial charge in [-0.3, -0.25) is 19.3 Å². The van der Waals surface area contributed by atoms with Crippen molar-refractivity contribution in [3.05, 3.63) is 41.5 Å². The Morgan fingerprint density at radius 2 is 1.75 bits per heavy atom. The summed E-state index contributed by atoms with van der Waals surface area (Å²) >= 11 is 0. The van der Waals surface area contributed by atoms with Crippen molar-refractivity contribution in [1.82, 2.24) is 4.90 Å². The third-order valence-corrected chi connectivity index (χ3v) is 5.28. The summed E-state index contributed by atoms with van der Waals surface area (Å²) in [5.74, 6) is -2.75. The molecule has 0 radical (unpaired) electrons. The van der Waals surface area contributed by atoms with Crippen LogP contribution in [-0.4, -0.2) is 41.2 Å². The molecular weight excluding hydrogens is 360 g/mol. The van der Waals surface area contributed by atoms with Crippen molar-refractivity contribution in [2.45, 2.75) is 39.7 Å². The molecular formula is C21H24N2O5. The zero-order chi connectivity index (χ0) is 20.4. The maximum absolute atomic E-state index is 12.5. The Bertz CT molecular complexity index is 834. The van der Waals surface area contributed by atoms with Crippen LogP contribution in [0.4, 0.5) is 5.69 Å². The third kappa shape index (κ3) is 3.83. The summed E-state index contributed by atoms with van der Waals surface area (Å²) in [6.07, 6.45) is 4.78. The smallest absolute Gasteiger partial charge is 0.329 e. The molecule has 148 valence electrons. The van der Waals surface area contributed by atoms with Crippen LogP contribution >= 0.6 is 0 Å². The number of imide groups is 1. The highest BCUT2D eigenvalue weighted by Gasteiger charge is 2.50. The molecule has 1 aromatic carbocycles. The van der Waals surface area contributed by atoms with Gasteiger partial charge in [0.2, 0.25) is 11.8 Å². The van der Waals surface area contributed by atoms with Gasteiger partial charge in [-0.1, -0.05) is 24.3 Å². The van der Waals surface area contributed by atoms with Crippen molar-refractivity contribution in [1.29, 1.82) is 0 Å². The average Bonchev–Trinajstić information content (AvgIpc) is 2.93. The van der Waals surface area contributed by atoms with Gasteiger partial charge in [0.1, 0.15) is 6.04 Å². The van der Waals surface area contributed by atoms with Crippen LogP contribution in [0.5, 0.6) is 0 Å². The van der Waals surface area contributed by atoms with E-state index < -0.39 is 36.4 Å². The number of benzene rings is 1. The number of rotatable bonds is 5. The van der Waals surface area contributed by atoms with Gasteiger partial charge < -0.3 is 10.1 Å². The number of carbonyl (C=O) groups excluding carboxylic acids is 4. The molecule has 1 N–H and O–H groups in total. The first-order valence-corrected chi connectivity index (χ1v) is 9.35. The van der Waals surface area contributed by atoms with E-state index in [-0.39, 0.29) is 11.8 Å². The lowest BCUT2D eigenvalue weighted by Gasteiger charge is -2.21. The second-order valence-electron chi connectivity index (χ2n) is 7.35. The summed E-state index contributed by atoms with van der Waals surface area (Å²) in [6, 6.07) is 4.59. The zero-order valence-corrected chi connectivity index (χ0v) is 16.2. The number of allylic oxidation sites excluding steroid dienone is 2. The van der Waals surface area contributed by atoms with Gasteiger partial charge >= 0.3 is 5.97 Å². The van der Waals surface area contributed by atoms with E-state index in [0.29, 0.717) is 18.5 Å². The van der Waals surface area contributed by atoms with E-state index in [1.54, 1.807) is 0 Å². The number of fused-ring (bicyclic) bond motifs is 1. The number of hydrogen-bond donors (Lipinski definition) is 1. The van der Waals surface area contributed by atoms with E-state index in [0.717, 1.165) is 16.0 Å². The molecule has 1 aliphatic heterocycles. The highest BCUT2D eigenvalue weighted by molar-refractivity contribution is 6.08. The summed E-state index contributed by atoms with van der Waals surface area (Å²) < 4.78 is 5.06. The molecule has 3 amide bonds. The van der Waals surface area contributed by atoms with Crippen LogP contribution in [0.2, 0.25) is 0 Å². The molecule has 0 bridgehead atoms. The van der Waals surface area contributed by atoms with Gasteiger partial charge in [-0.25, -0.2) is 4.79 Å². The number of amides is 3. The minimum atomic E-state index is -1.06. The Morgan fingerprint density at radius 1 is 1.14 bits per heavy atom. The van der Waals surface area contributed by atoms with Crippen LogP contribution < -0.4 is 5.32 Å². The molecule has 3 rings (SSSR count). The second kappa shape index (κ2) is 7.96. The predicted molar refractivity (Wildman–Crippen MR) is 102 cm³/mol. The maximum atomic E-state index is 12.5. The van der Waals surface area contributed by atoms with E-state index in [9.17, 15) is 19.2 Å². The number of ether oxygens (including phenoxy) is 1. The fourth-order valence-electron chi connectivity index (χ4n) is 3.63. The maximum Gasteiger partial charge on any atom is 0.329 e. The van der Waals surface area contributed by atoms with Crippen molar-refractivity contribution in [3.63, 3.8) is 0 Å². The summed E-state index contributed by atoms with van der Waals surface area (Å²) in [7, 11) is 0. The standard InChI is InChI=1S/C21H24N2O5/c1-12-8-9-13(2)17(10-12)22-18(24)11-28-21(27)14(3)23-19(25)15-6-4-5-7-16(15)20(23)26/h4-5,8-10,14-16H,6-7,11H2,1-3H3,(H,22,24)/t14-,15-,16+/m0/s1. The lowest BCUT2D eigenvalue weighted by Crippen LogP contribution is -2.45. The Labute approximate surface area is 163 Å². The van der Waals surface area contributed by atoms with Crippen LogP contribution in [0.25, 0.3) is 0 Å². The largest absolute Gasteiger partial charge is 0.454 e. The van der Waals surface area contributed by atoms with E-state index >= 15 is 0 Å². The fourth-order valence-corrected chi connectivity index (χ4v) is 3.63. The van der Waals surface area contributed by atoms with Crippen molar-refractivity contribution in [3.8, 4) is 0 Å². The van der Waals surface area contributed by atoms with Gasteiger partial charge in [-0.05, 0) is 50.8 Å². The Balaban J connectivity index is 1.57. The highest BCUT2D eigenvalue weighted by atomic mass is 16.5. The van der Waals surface area contributed by atoms with Crippen LogP contribution in [0.1, 0.15) is 30.9 Å². The Kier molecular flexibility index (Phi) is 5.63. The van der Waals surface area contributed by atoms with Crippen LogP contribution in [0.15, 0.2) is 30.4 Å². The Hall–Kier alpha value is -2.96. The van der Waals surface area contributed by atoms with Crippen molar-refractivity contribution in [2.24, 2.45) is 11.8 Å². The van der Waals surface area contributed by atoms with Gasteiger partial charge in [0.05, 0.1) is 11.8 Å². The predicted octanol–water partition coefficient (Wildman–Crippen LogP) is 2.12. The topological polar surface area (TPSA) is 92.8 Å². The lowest BCUT2D eigenvalue weighted by molar-refractivity contribution is -0.159. The molecule has 1 saturated heterocycles. The molecule has 7 heteroatoms. The van der Waals surface area contributed by atoms with Crippen molar-refractivity contribution >= 4 is 29.4 Å². The van der Waals surface area contributed by atoms with Crippen molar-refractivity contribution < 1.29 is 23.9 Å². The molecule has 1 aliphatic carbocycles. The first-order chi connectivity index (χ1) is 13.3. The van der Waals surface area contributed by atoms with E-state index in [1.807, 2.05) is 44.2 Å². The molecule has 0 aromatic heterocycles. The first-order valence-electron chi connectivity index (χ1n) is 9.35. The van der Waals surface area contributed by atoms with Gasteiger partial charge in [-0.15, -0.1) is 0 Å². The number of nitrogens with one attached hydrogen (secondary N) is 1. The molecule has 1 fully saturated rings. The summed E-state index contributed by atoms with van der Waals surface area (Å²) in [6.45, 7) is 4.74. The molecule has 0 saturated carbocycles. The molecule has 0 spiro atoms. The molecule has 2 aliphatic rings. The normalized spacial score (nSPS) is 22.0. The van der Waals surface area contributed by atoms with Crippen LogP contribution in [0, 0.1) is 25.7 Å². The minimum Gasteiger partial charge on any atom is -0.454 e. The average molecular weight is 384 g/mol. The van der Waals surface area contributed by atoms with Crippen LogP contribution in [-0.2, 0) is 23.9 Å². The quantitative estimate of drug-likeness (QED) is 0.477. The summed E-state index contributed by atoms with van der Waals surface area (Å²) in [4.78, 5) is 50.5. The van der Waals surface area contributed by atoms with E-state index in [4.69, 9.17) is 4.74 Å². The molecule has 7 nitrogen and oxygen atoms in total. The molecule has 28 heavy (non-hydrogen) atoms. The lowest BCUT2D eigenvalue weighted by atomic mass is 9.85. The number of nitrogens with zero attached hydrogens (tertiary/aromatic N) is 1. The van der Waals surface area contributed by atoms with Gasteiger partial charge in [0, 0.05) is 5.69 Å². The number of hydrogen-bond acceptors (Lipinski definition) is 5.